The van der Waals surface area contributed by atoms with E-state index in [2.05, 4.69) is 0 Å². The lowest BCUT2D eigenvalue weighted by molar-refractivity contribution is 0.154. The Morgan fingerprint density at radius 3 is 2.54 bits per heavy atom. The Labute approximate surface area is 80.4 Å². The minimum absolute atomic E-state index is 0.113. The number of hydrogen-bond acceptors (Lipinski definition) is 3. The van der Waals surface area contributed by atoms with Crippen molar-refractivity contribution in [3.63, 3.8) is 0 Å². The van der Waals surface area contributed by atoms with E-state index in [9.17, 15) is 4.57 Å². The minimum atomic E-state index is -3.29. The maximum absolute atomic E-state index is 11.4. The molecule has 0 amide bonds. The fraction of sp³-hybridized carbons (Fsp3) is 1.00. The summed E-state index contributed by atoms with van der Waals surface area (Å²) in [5.74, 6) is 0. The molecule has 5 heteroatoms. The first-order valence-corrected chi connectivity index (χ1v) is 6.34. The third-order valence-corrected chi connectivity index (χ3v) is 2.87. The van der Waals surface area contributed by atoms with Gasteiger partial charge in [0.1, 0.15) is 0 Å². The number of nitrogens with two attached hydrogens (primary N) is 1. The fourth-order valence-corrected chi connectivity index (χ4v) is 1.79. The van der Waals surface area contributed by atoms with E-state index in [-0.39, 0.29) is 6.10 Å². The van der Waals surface area contributed by atoms with Gasteiger partial charge in [0.05, 0.1) is 12.7 Å². The summed E-state index contributed by atoms with van der Waals surface area (Å²) in [4.78, 5) is 0. The molecular weight excluding hydrogens is 189 g/mol. The summed E-state index contributed by atoms with van der Waals surface area (Å²) in [6.45, 7) is 6.19. The maximum atomic E-state index is 11.4. The van der Waals surface area contributed by atoms with Gasteiger partial charge >= 0.3 is 7.75 Å². The molecule has 0 aliphatic rings. The van der Waals surface area contributed by atoms with Crippen molar-refractivity contribution in [2.24, 2.45) is 5.50 Å². The third-order valence-electron chi connectivity index (χ3n) is 1.67. The van der Waals surface area contributed by atoms with Crippen LogP contribution in [0.2, 0.25) is 0 Å². The molecule has 0 aliphatic heterocycles. The quantitative estimate of drug-likeness (QED) is 0.517. The fourth-order valence-electron chi connectivity index (χ4n) is 0.692. The highest BCUT2D eigenvalue weighted by molar-refractivity contribution is 7.51. The Bertz CT molecular complexity index is 175. The van der Waals surface area contributed by atoms with Crippen LogP contribution < -0.4 is 5.50 Å². The average Bonchev–Trinajstić information content (AvgIpc) is 2.03. The van der Waals surface area contributed by atoms with Gasteiger partial charge in [0.2, 0.25) is 0 Å². The molecule has 0 spiro atoms. The molecule has 13 heavy (non-hydrogen) atoms. The molecule has 0 radical (unpaired) electrons. The lowest BCUT2D eigenvalue weighted by Gasteiger charge is -2.17. The van der Waals surface area contributed by atoms with Crippen molar-refractivity contribution in [3.8, 4) is 0 Å². The van der Waals surface area contributed by atoms with Gasteiger partial charge < -0.3 is 0 Å². The molecule has 0 aromatic heterocycles. The van der Waals surface area contributed by atoms with Crippen molar-refractivity contribution < 1.29 is 13.6 Å². The van der Waals surface area contributed by atoms with Crippen molar-refractivity contribution in [2.45, 2.75) is 46.1 Å². The standard InChI is InChI=1S/C8H20NO3P/c1-4-6-7-11-13(9,10)12-8(3)5-2/h8H,4-7H2,1-3H3,(H2,9,10). The predicted octanol–water partition coefficient (Wildman–Crippen LogP) is 2.69. The van der Waals surface area contributed by atoms with E-state index < -0.39 is 7.75 Å². The lowest BCUT2D eigenvalue weighted by Crippen LogP contribution is -2.11. The van der Waals surface area contributed by atoms with Gasteiger partial charge in [0, 0.05) is 0 Å². The van der Waals surface area contributed by atoms with Crippen LogP contribution >= 0.6 is 7.75 Å². The van der Waals surface area contributed by atoms with Crippen molar-refractivity contribution in [3.05, 3.63) is 0 Å². The van der Waals surface area contributed by atoms with E-state index in [4.69, 9.17) is 14.6 Å². The number of hydrogen-bond donors (Lipinski definition) is 1. The second kappa shape index (κ2) is 6.55. The second-order valence-corrected chi connectivity index (χ2v) is 4.60. The first-order chi connectivity index (χ1) is 6.02. The van der Waals surface area contributed by atoms with Crippen molar-refractivity contribution in [1.29, 1.82) is 0 Å². The molecule has 2 atom stereocenters. The van der Waals surface area contributed by atoms with Crippen LogP contribution in [0.3, 0.4) is 0 Å². The normalized spacial score (nSPS) is 18.2. The first-order valence-electron chi connectivity index (χ1n) is 4.73. The van der Waals surface area contributed by atoms with Crippen LogP contribution in [-0.2, 0) is 13.6 Å². The van der Waals surface area contributed by atoms with Gasteiger partial charge in [-0.1, -0.05) is 20.3 Å². The summed E-state index contributed by atoms with van der Waals surface area (Å²) in [6.07, 6.45) is 2.50. The molecule has 0 bridgehead atoms. The van der Waals surface area contributed by atoms with E-state index in [0.29, 0.717) is 6.61 Å². The van der Waals surface area contributed by atoms with Crippen LogP contribution in [0.1, 0.15) is 40.0 Å². The first kappa shape index (κ1) is 13.1. The molecule has 0 aromatic rings. The van der Waals surface area contributed by atoms with E-state index in [1.165, 1.54) is 0 Å². The summed E-state index contributed by atoms with van der Waals surface area (Å²) >= 11 is 0. The predicted molar refractivity (Wildman–Crippen MR) is 53.5 cm³/mol. The van der Waals surface area contributed by atoms with Crippen LogP contribution in [0, 0.1) is 0 Å². The van der Waals surface area contributed by atoms with Crippen molar-refractivity contribution in [1.82, 2.24) is 0 Å². The zero-order chi connectivity index (χ0) is 10.3. The lowest BCUT2D eigenvalue weighted by atomic mass is 10.3. The largest absolute Gasteiger partial charge is 0.403 e. The molecule has 4 nitrogen and oxygen atoms in total. The Balaban J connectivity index is 3.73. The topological polar surface area (TPSA) is 61.5 Å². The molecule has 0 aromatic carbocycles. The summed E-state index contributed by atoms with van der Waals surface area (Å²) in [5.41, 5.74) is 5.35. The highest BCUT2D eigenvalue weighted by Crippen LogP contribution is 2.40. The average molecular weight is 209 g/mol. The van der Waals surface area contributed by atoms with E-state index in [1.807, 2.05) is 20.8 Å². The Hall–Kier alpha value is 0.110. The van der Waals surface area contributed by atoms with E-state index in [0.717, 1.165) is 19.3 Å². The van der Waals surface area contributed by atoms with Gasteiger partial charge in [-0.15, -0.1) is 0 Å². The summed E-state index contributed by atoms with van der Waals surface area (Å²) in [6, 6.07) is 0. The van der Waals surface area contributed by atoms with Gasteiger partial charge in [0.25, 0.3) is 0 Å². The number of rotatable bonds is 7. The Kier molecular flexibility index (Phi) is 6.60. The molecule has 0 heterocycles. The third kappa shape index (κ3) is 7.20. The molecular formula is C8H20NO3P. The highest BCUT2D eigenvalue weighted by atomic mass is 31.2. The highest BCUT2D eigenvalue weighted by Gasteiger charge is 2.20. The van der Waals surface area contributed by atoms with Gasteiger partial charge in [-0.3, -0.25) is 9.05 Å². The van der Waals surface area contributed by atoms with Crippen molar-refractivity contribution >= 4 is 7.75 Å². The molecule has 0 fully saturated rings. The van der Waals surface area contributed by atoms with E-state index >= 15 is 0 Å². The SMILES string of the molecule is CCCCOP(N)(=O)OC(C)CC. The maximum Gasteiger partial charge on any atom is 0.403 e. The minimum Gasteiger partial charge on any atom is -0.297 e. The molecule has 80 valence electrons. The van der Waals surface area contributed by atoms with Crippen LogP contribution in [0.25, 0.3) is 0 Å². The Morgan fingerprint density at radius 1 is 1.46 bits per heavy atom. The molecule has 0 rings (SSSR count). The summed E-state index contributed by atoms with van der Waals surface area (Å²) in [7, 11) is -3.29. The van der Waals surface area contributed by atoms with Crippen LogP contribution in [0.15, 0.2) is 0 Å². The van der Waals surface area contributed by atoms with Crippen LogP contribution in [0.5, 0.6) is 0 Å². The van der Waals surface area contributed by atoms with Gasteiger partial charge in [-0.2, -0.15) is 0 Å². The molecule has 0 saturated carbocycles. The van der Waals surface area contributed by atoms with E-state index in [1.54, 1.807) is 0 Å². The smallest absolute Gasteiger partial charge is 0.297 e. The van der Waals surface area contributed by atoms with Gasteiger partial charge in [-0.05, 0) is 19.8 Å². The van der Waals surface area contributed by atoms with Crippen LogP contribution in [0.4, 0.5) is 0 Å². The van der Waals surface area contributed by atoms with Gasteiger partial charge in [-0.25, -0.2) is 10.1 Å². The summed E-state index contributed by atoms with van der Waals surface area (Å²) in [5, 5.41) is 0. The summed E-state index contributed by atoms with van der Waals surface area (Å²) < 4.78 is 21.4. The monoisotopic (exact) mass is 209 g/mol. The van der Waals surface area contributed by atoms with Crippen LogP contribution in [-0.4, -0.2) is 12.7 Å². The molecule has 0 aliphatic carbocycles. The zero-order valence-electron chi connectivity index (χ0n) is 8.66. The zero-order valence-corrected chi connectivity index (χ0v) is 9.55. The van der Waals surface area contributed by atoms with Crippen molar-refractivity contribution in [2.75, 3.05) is 6.61 Å². The molecule has 0 saturated heterocycles. The number of unbranched alkanes of at least 4 members (excludes halogenated alkanes) is 1. The van der Waals surface area contributed by atoms with Gasteiger partial charge in [0.15, 0.2) is 0 Å². The second-order valence-electron chi connectivity index (χ2n) is 3.05. The molecule has 2 unspecified atom stereocenters. The Morgan fingerprint density at radius 2 is 2.08 bits per heavy atom. The molecule has 2 N–H and O–H groups in total.